The summed E-state index contributed by atoms with van der Waals surface area (Å²) >= 11 is 0. The summed E-state index contributed by atoms with van der Waals surface area (Å²) in [6, 6.07) is 5.02. The van der Waals surface area contributed by atoms with E-state index < -0.39 is 5.82 Å². The van der Waals surface area contributed by atoms with Gasteiger partial charge in [-0.25, -0.2) is 14.4 Å². The highest BCUT2D eigenvalue weighted by Gasteiger charge is 2.13. The van der Waals surface area contributed by atoms with Gasteiger partial charge in [-0.1, -0.05) is 25.7 Å². The molecule has 0 bridgehead atoms. The summed E-state index contributed by atoms with van der Waals surface area (Å²) in [6.45, 7) is 0. The maximum absolute atomic E-state index is 13.7. The molecule has 1 heterocycles. The topological polar surface area (TPSA) is 72.0 Å². The molecule has 6 nitrogen and oxygen atoms in total. The second-order valence-corrected chi connectivity index (χ2v) is 5.94. The molecule has 1 fully saturated rings. The Kier molecular flexibility index (Phi) is 5.40. The lowest BCUT2D eigenvalue weighted by Gasteiger charge is -2.16. The molecule has 1 aromatic carbocycles. The molecule has 2 aromatic rings. The molecule has 128 valence electrons. The first-order valence-corrected chi connectivity index (χ1v) is 8.31. The lowest BCUT2D eigenvalue weighted by molar-refractivity contribution is 0.386. The van der Waals surface area contributed by atoms with E-state index in [-0.39, 0.29) is 5.75 Å². The quantitative estimate of drug-likeness (QED) is 0.810. The Labute approximate surface area is 140 Å². The summed E-state index contributed by atoms with van der Waals surface area (Å²) in [5.41, 5.74) is 0.555. The second-order valence-electron chi connectivity index (χ2n) is 5.94. The molecule has 0 spiro atoms. The Morgan fingerprint density at radius 3 is 2.54 bits per heavy atom. The van der Waals surface area contributed by atoms with Crippen molar-refractivity contribution < 1.29 is 9.13 Å². The van der Waals surface area contributed by atoms with Gasteiger partial charge in [0, 0.05) is 17.8 Å². The molecule has 1 aliphatic rings. The molecular formula is C17H22FN5O. The van der Waals surface area contributed by atoms with Crippen LogP contribution in [0.2, 0.25) is 0 Å². The summed E-state index contributed by atoms with van der Waals surface area (Å²) in [7, 11) is 1.43. The molecule has 0 radical (unpaired) electrons. The molecule has 3 rings (SSSR count). The van der Waals surface area contributed by atoms with Gasteiger partial charge < -0.3 is 15.4 Å². The molecule has 0 amide bonds. The van der Waals surface area contributed by atoms with Crippen molar-refractivity contribution in [2.75, 3.05) is 17.7 Å². The van der Waals surface area contributed by atoms with Crippen LogP contribution in [0.4, 0.5) is 22.0 Å². The van der Waals surface area contributed by atoms with E-state index in [0.717, 1.165) is 12.8 Å². The van der Waals surface area contributed by atoms with E-state index in [9.17, 15) is 4.39 Å². The number of nitrogens with zero attached hydrogens (tertiary/aromatic N) is 3. The minimum atomic E-state index is -0.437. The Hall–Kier alpha value is -2.44. The van der Waals surface area contributed by atoms with Crippen molar-refractivity contribution in [2.24, 2.45) is 0 Å². The van der Waals surface area contributed by atoms with Gasteiger partial charge in [0.1, 0.15) is 6.33 Å². The first kappa shape index (κ1) is 16.4. The largest absolute Gasteiger partial charge is 0.494 e. The zero-order chi connectivity index (χ0) is 16.8. The fourth-order valence-corrected chi connectivity index (χ4v) is 2.91. The number of nitrogens with one attached hydrogen (secondary N) is 2. The van der Waals surface area contributed by atoms with Crippen LogP contribution in [0.15, 0.2) is 24.5 Å². The van der Waals surface area contributed by atoms with Crippen LogP contribution in [0, 0.1) is 5.82 Å². The first-order chi connectivity index (χ1) is 11.7. The van der Waals surface area contributed by atoms with Crippen LogP contribution in [0.25, 0.3) is 0 Å². The standard InChI is InChI=1S/C17H22FN5O/c1-24-15-9-8-13(10-14(15)18)22-17-20-11-19-16(23-17)21-12-6-4-2-3-5-7-12/h8-12H,2-7H2,1H3,(H2,19,20,21,22,23). The van der Waals surface area contributed by atoms with Gasteiger partial charge in [0.2, 0.25) is 11.9 Å². The highest BCUT2D eigenvalue weighted by molar-refractivity contribution is 5.55. The molecule has 2 N–H and O–H groups in total. The first-order valence-electron chi connectivity index (χ1n) is 8.31. The molecule has 1 saturated carbocycles. The van der Waals surface area contributed by atoms with Crippen LogP contribution in [-0.2, 0) is 0 Å². The van der Waals surface area contributed by atoms with Crippen LogP contribution >= 0.6 is 0 Å². The third-order valence-corrected chi connectivity index (χ3v) is 4.17. The minimum absolute atomic E-state index is 0.201. The summed E-state index contributed by atoms with van der Waals surface area (Å²) in [4.78, 5) is 12.6. The van der Waals surface area contributed by atoms with Gasteiger partial charge in [0.05, 0.1) is 7.11 Å². The van der Waals surface area contributed by atoms with Gasteiger partial charge in [-0.05, 0) is 25.0 Å². The zero-order valence-corrected chi connectivity index (χ0v) is 13.8. The highest BCUT2D eigenvalue weighted by atomic mass is 19.1. The van der Waals surface area contributed by atoms with E-state index in [1.54, 1.807) is 12.1 Å². The monoisotopic (exact) mass is 331 g/mol. The molecule has 24 heavy (non-hydrogen) atoms. The predicted octanol–water partition coefficient (Wildman–Crippen LogP) is 3.90. The van der Waals surface area contributed by atoms with E-state index >= 15 is 0 Å². The molecule has 0 unspecified atom stereocenters. The summed E-state index contributed by atoms with van der Waals surface area (Å²) in [5.74, 6) is 0.694. The molecule has 7 heteroatoms. The SMILES string of the molecule is COc1ccc(Nc2ncnc(NC3CCCCCC3)n2)cc1F. The Morgan fingerprint density at radius 2 is 1.83 bits per heavy atom. The third kappa shape index (κ3) is 4.31. The number of halogens is 1. The second kappa shape index (κ2) is 7.90. The number of benzene rings is 1. The van der Waals surface area contributed by atoms with Crippen molar-refractivity contribution >= 4 is 17.6 Å². The third-order valence-electron chi connectivity index (χ3n) is 4.17. The molecule has 0 atom stereocenters. The molecule has 1 aromatic heterocycles. The van der Waals surface area contributed by atoms with Crippen molar-refractivity contribution in [3.05, 3.63) is 30.3 Å². The van der Waals surface area contributed by atoms with Crippen molar-refractivity contribution in [3.8, 4) is 5.75 Å². The van der Waals surface area contributed by atoms with Crippen molar-refractivity contribution in [1.82, 2.24) is 15.0 Å². The normalized spacial score (nSPS) is 15.6. The van der Waals surface area contributed by atoms with Crippen LogP contribution in [0.3, 0.4) is 0 Å². The molecule has 0 saturated heterocycles. The van der Waals surface area contributed by atoms with Crippen molar-refractivity contribution in [3.63, 3.8) is 0 Å². The maximum Gasteiger partial charge on any atom is 0.231 e. The Balaban J connectivity index is 1.67. The smallest absolute Gasteiger partial charge is 0.231 e. The highest BCUT2D eigenvalue weighted by Crippen LogP contribution is 2.23. The maximum atomic E-state index is 13.7. The number of ether oxygens (including phenoxy) is 1. The summed E-state index contributed by atoms with van der Waals surface area (Å²) < 4.78 is 18.7. The fraction of sp³-hybridized carbons (Fsp3) is 0.471. The van der Waals surface area contributed by atoms with Crippen LogP contribution in [-0.4, -0.2) is 28.1 Å². The Bertz CT molecular complexity index is 674. The van der Waals surface area contributed by atoms with E-state index in [4.69, 9.17) is 4.74 Å². The number of rotatable bonds is 5. The van der Waals surface area contributed by atoms with E-state index in [2.05, 4.69) is 25.6 Å². The fourth-order valence-electron chi connectivity index (χ4n) is 2.91. The van der Waals surface area contributed by atoms with Crippen molar-refractivity contribution in [1.29, 1.82) is 0 Å². The molecular weight excluding hydrogens is 309 g/mol. The van der Waals surface area contributed by atoms with Crippen LogP contribution in [0.5, 0.6) is 5.75 Å². The van der Waals surface area contributed by atoms with Gasteiger partial charge in [-0.3, -0.25) is 0 Å². The van der Waals surface area contributed by atoms with Gasteiger partial charge in [0.15, 0.2) is 11.6 Å². The number of methoxy groups -OCH3 is 1. The summed E-state index contributed by atoms with van der Waals surface area (Å²) in [5, 5.41) is 6.37. The average Bonchev–Trinajstić information content (AvgIpc) is 2.84. The van der Waals surface area contributed by atoms with Gasteiger partial charge in [0.25, 0.3) is 0 Å². The predicted molar refractivity (Wildman–Crippen MR) is 91.2 cm³/mol. The summed E-state index contributed by atoms with van der Waals surface area (Å²) in [6.07, 6.45) is 8.79. The molecule has 0 aliphatic heterocycles. The van der Waals surface area contributed by atoms with Gasteiger partial charge in [-0.15, -0.1) is 0 Å². The van der Waals surface area contributed by atoms with Crippen LogP contribution in [0.1, 0.15) is 38.5 Å². The lowest BCUT2D eigenvalue weighted by Crippen LogP contribution is -2.20. The number of hydrogen-bond donors (Lipinski definition) is 2. The van der Waals surface area contributed by atoms with Gasteiger partial charge in [-0.2, -0.15) is 4.98 Å². The lowest BCUT2D eigenvalue weighted by atomic mass is 10.1. The number of aromatic nitrogens is 3. The number of hydrogen-bond acceptors (Lipinski definition) is 6. The molecule has 1 aliphatic carbocycles. The van der Waals surface area contributed by atoms with E-state index in [0.29, 0.717) is 23.6 Å². The zero-order valence-electron chi connectivity index (χ0n) is 13.8. The minimum Gasteiger partial charge on any atom is -0.494 e. The average molecular weight is 331 g/mol. The number of anilines is 3. The van der Waals surface area contributed by atoms with Crippen molar-refractivity contribution in [2.45, 2.75) is 44.6 Å². The van der Waals surface area contributed by atoms with Gasteiger partial charge >= 0.3 is 0 Å². The Morgan fingerprint density at radius 1 is 1.08 bits per heavy atom. The van der Waals surface area contributed by atoms with Crippen LogP contribution < -0.4 is 15.4 Å². The van der Waals surface area contributed by atoms with E-state index in [1.165, 1.54) is 45.2 Å². The van der Waals surface area contributed by atoms with E-state index in [1.807, 2.05) is 0 Å².